The molecule has 0 radical (unpaired) electrons. The van der Waals surface area contributed by atoms with Gasteiger partial charge in [0.2, 0.25) is 6.41 Å². The Morgan fingerprint density at radius 3 is 2.59 bits per heavy atom. The van der Waals surface area contributed by atoms with Crippen LogP contribution in [-0.2, 0) is 19.6 Å². The third kappa shape index (κ3) is 4.72. The lowest BCUT2D eigenvalue weighted by Gasteiger charge is -2.19. The predicted molar refractivity (Wildman–Crippen MR) is 144 cm³/mol. The number of hydrogen-bond acceptors (Lipinski definition) is 12. The second kappa shape index (κ2) is 10.8. The molecule has 6 rings (SSSR count). The van der Waals surface area contributed by atoms with Crippen molar-refractivity contribution in [1.82, 2.24) is 29.7 Å². The molecule has 1 aliphatic heterocycles. The first kappa shape index (κ1) is 27.2. The summed E-state index contributed by atoms with van der Waals surface area (Å²) in [5.41, 5.74) is 0.494. The van der Waals surface area contributed by atoms with Crippen LogP contribution >= 0.6 is 0 Å². The second-order valence-electron chi connectivity index (χ2n) is 9.92. The lowest BCUT2D eigenvalue weighted by molar-refractivity contribution is -0.106. The fourth-order valence-electron chi connectivity index (χ4n) is 5.25. The molecule has 1 aromatic carbocycles. The number of aliphatic hydroxyl groups excluding tert-OH is 3. The van der Waals surface area contributed by atoms with E-state index in [1.54, 1.807) is 18.2 Å². The van der Waals surface area contributed by atoms with Crippen LogP contribution in [0.5, 0.6) is 0 Å². The van der Waals surface area contributed by atoms with Crippen molar-refractivity contribution in [3.05, 3.63) is 42.9 Å². The Hall–Kier alpha value is -3.96. The number of imidazole rings is 1. The average Bonchev–Trinajstić information content (AvgIpc) is 3.78. The van der Waals surface area contributed by atoms with Crippen molar-refractivity contribution in [2.75, 3.05) is 16.2 Å². The monoisotopic (exact) mass is 584 g/mol. The molecule has 4 atom stereocenters. The highest BCUT2D eigenvalue weighted by Crippen LogP contribution is 2.36. The van der Waals surface area contributed by atoms with Gasteiger partial charge in [0, 0.05) is 6.04 Å². The topological polar surface area (TPSA) is 209 Å². The normalized spacial score (nSPS) is 23.3. The predicted octanol–water partition coefficient (Wildman–Crippen LogP) is 0.534. The van der Waals surface area contributed by atoms with Crippen molar-refractivity contribution in [2.45, 2.75) is 61.2 Å². The van der Waals surface area contributed by atoms with Crippen molar-refractivity contribution in [1.29, 1.82) is 0 Å². The van der Waals surface area contributed by atoms with Crippen LogP contribution in [0.1, 0.15) is 31.9 Å². The van der Waals surface area contributed by atoms with Gasteiger partial charge in [-0.25, -0.2) is 27.7 Å². The van der Waals surface area contributed by atoms with Gasteiger partial charge in [-0.1, -0.05) is 31.0 Å². The van der Waals surface area contributed by atoms with Gasteiger partial charge >= 0.3 is 0 Å². The highest BCUT2D eigenvalue weighted by molar-refractivity contribution is 7.93. The average molecular weight is 585 g/mol. The van der Waals surface area contributed by atoms with E-state index < -0.39 is 41.2 Å². The summed E-state index contributed by atoms with van der Waals surface area (Å²) in [5.74, 6) is 0.348. The molecule has 4 heterocycles. The molecule has 1 aliphatic carbocycles. The van der Waals surface area contributed by atoms with Gasteiger partial charge in [-0.05, 0) is 25.0 Å². The maximum Gasteiger partial charge on any atom is 0.270 e. The Morgan fingerprint density at radius 2 is 1.90 bits per heavy atom. The zero-order chi connectivity index (χ0) is 28.7. The summed E-state index contributed by atoms with van der Waals surface area (Å²) in [7, 11) is -4.30. The van der Waals surface area contributed by atoms with Crippen LogP contribution < -0.4 is 9.62 Å². The smallest absolute Gasteiger partial charge is 0.270 e. The first-order valence-electron chi connectivity index (χ1n) is 13.1. The number of aliphatic hydroxyl groups is 3. The largest absolute Gasteiger partial charge is 0.394 e. The zero-order valence-corrected chi connectivity index (χ0v) is 22.4. The van der Waals surface area contributed by atoms with Crippen LogP contribution in [-0.4, -0.2) is 90.8 Å². The van der Waals surface area contributed by atoms with Crippen molar-refractivity contribution >= 4 is 39.1 Å². The molecule has 1 saturated carbocycles. The number of nitrogens with one attached hydrogen (secondary N) is 2. The van der Waals surface area contributed by atoms with E-state index in [0.29, 0.717) is 15.6 Å². The number of anilines is 2. The molecule has 0 spiro atoms. The minimum absolute atomic E-state index is 0.00546. The van der Waals surface area contributed by atoms with Crippen LogP contribution in [0.15, 0.2) is 47.8 Å². The van der Waals surface area contributed by atoms with E-state index in [-0.39, 0.29) is 40.2 Å². The molecule has 16 heteroatoms. The van der Waals surface area contributed by atoms with Crippen LogP contribution in [0.2, 0.25) is 0 Å². The number of benzene rings is 1. The van der Waals surface area contributed by atoms with Crippen molar-refractivity contribution in [3.63, 3.8) is 0 Å². The first-order valence-corrected chi connectivity index (χ1v) is 14.5. The number of ether oxygens (including phenoxy) is 1. The van der Waals surface area contributed by atoms with Gasteiger partial charge in [-0.15, -0.1) is 0 Å². The van der Waals surface area contributed by atoms with Gasteiger partial charge < -0.3 is 25.4 Å². The molecule has 5 N–H and O–H groups in total. The van der Waals surface area contributed by atoms with Gasteiger partial charge in [-0.2, -0.15) is 5.10 Å². The van der Waals surface area contributed by atoms with Gasteiger partial charge in [-0.3, -0.25) is 14.5 Å². The number of sulfonamides is 1. The minimum atomic E-state index is -4.30. The molecule has 2 aliphatic rings. The van der Waals surface area contributed by atoms with E-state index in [2.05, 4.69) is 30.5 Å². The first-order chi connectivity index (χ1) is 19.8. The zero-order valence-electron chi connectivity index (χ0n) is 21.6. The van der Waals surface area contributed by atoms with Crippen molar-refractivity contribution in [3.8, 4) is 11.5 Å². The van der Waals surface area contributed by atoms with E-state index in [4.69, 9.17) is 4.74 Å². The number of carbonyl (C=O) groups is 1. The summed E-state index contributed by atoms with van der Waals surface area (Å²) in [6, 6.07) is 7.61. The number of fused-ring (bicyclic) bond motifs is 1. The van der Waals surface area contributed by atoms with E-state index >= 15 is 0 Å². The number of rotatable bonds is 9. The molecule has 41 heavy (non-hydrogen) atoms. The third-order valence-corrected chi connectivity index (χ3v) is 9.05. The molecule has 1 saturated heterocycles. The SMILES string of the molecule is O=CN(c1cn[nH]c1-c1nc(NC2CCCC2)c2ncn([C@@H]3O[C@H](CO)C(O)C3O)c2n1)S(=O)(=O)c1ccccc1. The lowest BCUT2D eigenvalue weighted by Crippen LogP contribution is -2.33. The van der Waals surface area contributed by atoms with Gasteiger partial charge in [0.15, 0.2) is 29.0 Å². The maximum absolute atomic E-state index is 13.4. The summed E-state index contributed by atoms with van der Waals surface area (Å²) in [6.07, 6.45) is 1.80. The molecular weight excluding hydrogens is 556 g/mol. The Morgan fingerprint density at radius 1 is 1.15 bits per heavy atom. The van der Waals surface area contributed by atoms with Crippen LogP contribution in [0.4, 0.5) is 11.5 Å². The van der Waals surface area contributed by atoms with E-state index in [9.17, 15) is 28.5 Å². The van der Waals surface area contributed by atoms with Crippen LogP contribution in [0.3, 0.4) is 0 Å². The van der Waals surface area contributed by atoms with Gasteiger partial charge in [0.25, 0.3) is 10.0 Å². The van der Waals surface area contributed by atoms with E-state index in [1.807, 2.05) is 0 Å². The van der Waals surface area contributed by atoms with Crippen molar-refractivity contribution < 1.29 is 33.3 Å². The minimum Gasteiger partial charge on any atom is -0.394 e. The molecule has 2 fully saturated rings. The molecule has 3 aromatic heterocycles. The summed E-state index contributed by atoms with van der Waals surface area (Å²) < 4.78 is 34.4. The highest BCUT2D eigenvalue weighted by Gasteiger charge is 2.44. The van der Waals surface area contributed by atoms with Gasteiger partial charge in [0.05, 0.1) is 24.0 Å². The Balaban J connectivity index is 1.48. The lowest BCUT2D eigenvalue weighted by atomic mass is 10.1. The van der Waals surface area contributed by atoms with Crippen LogP contribution in [0, 0.1) is 0 Å². The summed E-state index contributed by atoms with van der Waals surface area (Å²) >= 11 is 0. The Kier molecular flexibility index (Phi) is 7.16. The summed E-state index contributed by atoms with van der Waals surface area (Å²) in [4.78, 5) is 25.8. The van der Waals surface area contributed by atoms with Crippen molar-refractivity contribution in [2.24, 2.45) is 0 Å². The fraction of sp³-hybridized carbons (Fsp3) is 0.400. The number of aromatic amines is 1. The number of amides is 1. The molecule has 0 bridgehead atoms. The number of hydrogen-bond donors (Lipinski definition) is 5. The van der Waals surface area contributed by atoms with E-state index in [0.717, 1.165) is 25.7 Å². The fourth-order valence-corrected chi connectivity index (χ4v) is 6.49. The van der Waals surface area contributed by atoms with Gasteiger partial charge in [0.1, 0.15) is 29.7 Å². The number of H-pyrrole nitrogens is 1. The molecule has 2 unspecified atom stereocenters. The Bertz CT molecular complexity index is 1650. The number of aromatic nitrogens is 6. The molecule has 15 nitrogen and oxygen atoms in total. The third-order valence-electron chi connectivity index (χ3n) is 7.38. The van der Waals surface area contributed by atoms with E-state index in [1.165, 1.54) is 29.2 Å². The number of carbonyl (C=O) groups excluding carboxylic acids is 1. The maximum atomic E-state index is 13.4. The quantitative estimate of drug-likeness (QED) is 0.171. The standard InChI is InChI=1S/C25H28N8O7S/c34-11-17-20(36)21(37)25(40-17)32-12-26-19-23(28-14-6-4-5-7-14)29-22(30-24(19)32)18-16(10-27-31-18)33(13-35)41(38,39)15-8-2-1-3-9-15/h1-3,8-10,12-14,17,20-21,25,34,36-37H,4-7,11H2,(H,27,31)(H,28,29,30)/t17-,20?,21?,25-/m1/s1. The molecule has 216 valence electrons. The van der Waals surface area contributed by atoms with Crippen LogP contribution in [0.25, 0.3) is 22.7 Å². The molecular formula is C25H28N8O7S. The number of nitrogens with zero attached hydrogens (tertiary/aromatic N) is 6. The molecule has 1 amide bonds. The second-order valence-corrected chi connectivity index (χ2v) is 11.7. The highest BCUT2D eigenvalue weighted by atomic mass is 32.2. The summed E-state index contributed by atoms with van der Waals surface area (Å²) in [5, 5.41) is 40.6. The summed E-state index contributed by atoms with van der Waals surface area (Å²) in [6.45, 7) is -0.509. The Labute approximate surface area is 233 Å². The molecule has 4 aromatic rings.